The summed E-state index contributed by atoms with van der Waals surface area (Å²) in [6.45, 7) is 1.75. The van der Waals surface area contributed by atoms with Crippen LogP contribution in [0.3, 0.4) is 0 Å². The van der Waals surface area contributed by atoms with Crippen LogP contribution in [0.15, 0.2) is 18.5 Å². The lowest BCUT2D eigenvalue weighted by atomic mass is 10.2. The number of terminal acetylenes is 1. The van der Waals surface area contributed by atoms with Crippen LogP contribution in [0.25, 0.3) is 5.65 Å². The smallest absolute Gasteiger partial charge is 0.267 e. The highest BCUT2D eigenvalue weighted by atomic mass is 19.3. The van der Waals surface area contributed by atoms with Crippen LogP contribution in [0.4, 0.5) is 8.78 Å². The minimum absolute atomic E-state index is 0.126. The molecule has 0 atom stereocenters. The average molecular weight is 206 g/mol. The Morgan fingerprint density at radius 2 is 2.20 bits per heavy atom. The summed E-state index contributed by atoms with van der Waals surface area (Å²) in [6, 6.07) is 1.30. The van der Waals surface area contributed by atoms with Crippen molar-refractivity contribution in [2.75, 3.05) is 0 Å². The molecule has 2 aromatic heterocycles. The highest BCUT2D eigenvalue weighted by Crippen LogP contribution is 2.24. The molecule has 0 N–H and O–H groups in total. The number of fused-ring (bicyclic) bond motifs is 1. The summed E-state index contributed by atoms with van der Waals surface area (Å²) in [5.41, 5.74) is 1.25. The van der Waals surface area contributed by atoms with Crippen LogP contribution >= 0.6 is 0 Å². The predicted octanol–water partition coefficient (Wildman–Crippen LogP) is 2.56. The molecule has 76 valence electrons. The van der Waals surface area contributed by atoms with Gasteiger partial charge in [-0.15, -0.1) is 6.42 Å². The number of alkyl halides is 2. The zero-order chi connectivity index (χ0) is 11.0. The third-order valence-electron chi connectivity index (χ3n) is 2.10. The molecule has 0 aromatic carbocycles. The first-order valence-corrected chi connectivity index (χ1v) is 4.36. The minimum Gasteiger partial charge on any atom is -0.305 e. The van der Waals surface area contributed by atoms with Crippen molar-refractivity contribution in [2.45, 2.75) is 13.3 Å². The van der Waals surface area contributed by atoms with Gasteiger partial charge in [0.2, 0.25) is 0 Å². The number of hydrogen-bond donors (Lipinski definition) is 0. The quantitative estimate of drug-likeness (QED) is 0.655. The molecule has 0 saturated carbocycles. The lowest BCUT2D eigenvalue weighted by Crippen LogP contribution is -1.94. The topological polar surface area (TPSA) is 17.3 Å². The molecule has 0 fully saturated rings. The molecule has 0 radical (unpaired) electrons. The van der Waals surface area contributed by atoms with Crippen LogP contribution in [-0.2, 0) is 0 Å². The fourth-order valence-electron chi connectivity index (χ4n) is 1.49. The molecule has 2 nitrogen and oxygen atoms in total. The molecule has 0 unspecified atom stereocenters. The standard InChI is InChI=1S/C11H8F2N2/c1-3-8-4-9(10(12)13)11-14-7(2)5-15(11)6-8/h1,4-6,10H,2H3. The van der Waals surface area contributed by atoms with Crippen molar-refractivity contribution in [2.24, 2.45) is 0 Å². The normalized spacial score (nSPS) is 10.9. The Labute approximate surface area is 85.6 Å². The third kappa shape index (κ3) is 1.57. The van der Waals surface area contributed by atoms with Gasteiger partial charge in [-0.25, -0.2) is 13.8 Å². The van der Waals surface area contributed by atoms with Crippen molar-refractivity contribution in [3.63, 3.8) is 0 Å². The molecule has 2 aromatic rings. The molecule has 4 heteroatoms. The molecule has 0 saturated heterocycles. The molecular weight excluding hydrogens is 198 g/mol. The van der Waals surface area contributed by atoms with Crippen molar-refractivity contribution < 1.29 is 8.78 Å². The van der Waals surface area contributed by atoms with Crippen molar-refractivity contribution in [1.82, 2.24) is 9.38 Å². The van der Waals surface area contributed by atoms with E-state index < -0.39 is 6.43 Å². The van der Waals surface area contributed by atoms with Crippen LogP contribution in [0.5, 0.6) is 0 Å². The largest absolute Gasteiger partial charge is 0.305 e. The first-order valence-electron chi connectivity index (χ1n) is 4.36. The lowest BCUT2D eigenvalue weighted by Gasteiger charge is -2.03. The van der Waals surface area contributed by atoms with E-state index in [-0.39, 0.29) is 11.2 Å². The summed E-state index contributed by atoms with van der Waals surface area (Å²) in [7, 11) is 0. The van der Waals surface area contributed by atoms with Crippen molar-refractivity contribution in [3.05, 3.63) is 35.3 Å². The molecular formula is C11H8F2N2. The number of aromatic nitrogens is 2. The van der Waals surface area contributed by atoms with Gasteiger partial charge in [0.1, 0.15) is 5.65 Å². The van der Waals surface area contributed by atoms with Gasteiger partial charge in [-0.05, 0) is 13.0 Å². The summed E-state index contributed by atoms with van der Waals surface area (Å²) in [6.07, 6.45) is 5.90. The van der Waals surface area contributed by atoms with Gasteiger partial charge in [-0.3, -0.25) is 0 Å². The van der Waals surface area contributed by atoms with Gasteiger partial charge < -0.3 is 4.40 Å². The van der Waals surface area contributed by atoms with Crippen LogP contribution in [0.2, 0.25) is 0 Å². The fourth-order valence-corrected chi connectivity index (χ4v) is 1.49. The number of halogens is 2. The van der Waals surface area contributed by atoms with E-state index in [9.17, 15) is 8.78 Å². The second-order valence-electron chi connectivity index (χ2n) is 3.24. The maximum Gasteiger partial charge on any atom is 0.267 e. The van der Waals surface area contributed by atoms with E-state index in [1.165, 1.54) is 10.5 Å². The number of imidazole rings is 1. The first kappa shape index (κ1) is 9.66. The van der Waals surface area contributed by atoms with Crippen LogP contribution < -0.4 is 0 Å². The molecule has 0 bridgehead atoms. The Morgan fingerprint density at radius 3 is 2.80 bits per heavy atom. The van der Waals surface area contributed by atoms with Gasteiger partial charge in [0.25, 0.3) is 6.43 Å². The number of hydrogen-bond acceptors (Lipinski definition) is 1. The zero-order valence-corrected chi connectivity index (χ0v) is 8.04. The Kier molecular flexibility index (Phi) is 2.16. The Bertz CT molecular complexity index is 549. The van der Waals surface area contributed by atoms with Crippen LogP contribution in [-0.4, -0.2) is 9.38 Å². The van der Waals surface area contributed by atoms with Gasteiger partial charge >= 0.3 is 0 Å². The van der Waals surface area contributed by atoms with E-state index in [0.29, 0.717) is 11.3 Å². The van der Waals surface area contributed by atoms with E-state index in [2.05, 4.69) is 10.9 Å². The van der Waals surface area contributed by atoms with Crippen LogP contribution in [0, 0.1) is 19.3 Å². The van der Waals surface area contributed by atoms with Gasteiger partial charge in [-0.1, -0.05) is 5.92 Å². The number of rotatable bonds is 1. The van der Waals surface area contributed by atoms with E-state index in [1.807, 2.05) is 0 Å². The molecule has 0 aliphatic carbocycles. The van der Waals surface area contributed by atoms with E-state index in [4.69, 9.17) is 6.42 Å². The van der Waals surface area contributed by atoms with Crippen molar-refractivity contribution in [3.8, 4) is 12.3 Å². The van der Waals surface area contributed by atoms with Crippen LogP contribution in [0.1, 0.15) is 23.2 Å². The maximum atomic E-state index is 12.7. The molecule has 0 aliphatic rings. The average Bonchev–Trinajstić information content (AvgIpc) is 2.55. The lowest BCUT2D eigenvalue weighted by molar-refractivity contribution is 0.152. The predicted molar refractivity (Wildman–Crippen MR) is 52.8 cm³/mol. The fraction of sp³-hybridized carbons (Fsp3) is 0.182. The van der Waals surface area contributed by atoms with Gasteiger partial charge in [0, 0.05) is 18.0 Å². The molecule has 2 rings (SSSR count). The third-order valence-corrected chi connectivity index (χ3v) is 2.10. The summed E-state index contributed by atoms with van der Waals surface area (Å²) in [4.78, 5) is 4.02. The van der Waals surface area contributed by atoms with E-state index >= 15 is 0 Å². The summed E-state index contributed by atoms with van der Waals surface area (Å²) in [5.74, 6) is 2.34. The van der Waals surface area contributed by atoms with Gasteiger partial charge in [0.05, 0.1) is 11.3 Å². The Morgan fingerprint density at radius 1 is 1.47 bits per heavy atom. The number of aryl methyl sites for hydroxylation is 1. The highest BCUT2D eigenvalue weighted by Gasteiger charge is 2.14. The highest BCUT2D eigenvalue weighted by molar-refractivity contribution is 5.53. The Hall–Kier alpha value is -1.89. The molecule has 2 heterocycles. The molecule has 0 spiro atoms. The van der Waals surface area contributed by atoms with E-state index in [1.54, 1.807) is 19.3 Å². The second-order valence-corrected chi connectivity index (χ2v) is 3.24. The SMILES string of the molecule is C#Cc1cc(C(F)F)c2nc(C)cn2c1. The van der Waals surface area contributed by atoms with Gasteiger partial charge in [-0.2, -0.15) is 0 Å². The summed E-state index contributed by atoms with van der Waals surface area (Å²) in [5, 5.41) is 0. The zero-order valence-electron chi connectivity index (χ0n) is 8.04. The summed E-state index contributed by atoms with van der Waals surface area (Å²) < 4.78 is 26.9. The van der Waals surface area contributed by atoms with Crippen molar-refractivity contribution >= 4 is 5.65 Å². The number of pyridine rings is 1. The Balaban J connectivity index is 2.81. The molecule has 0 amide bonds. The maximum absolute atomic E-state index is 12.7. The van der Waals surface area contributed by atoms with E-state index in [0.717, 1.165) is 0 Å². The summed E-state index contributed by atoms with van der Waals surface area (Å²) >= 11 is 0. The molecule has 0 aliphatic heterocycles. The molecule has 15 heavy (non-hydrogen) atoms. The van der Waals surface area contributed by atoms with Crippen molar-refractivity contribution in [1.29, 1.82) is 0 Å². The number of nitrogens with zero attached hydrogens (tertiary/aromatic N) is 2. The second kappa shape index (κ2) is 3.35. The first-order chi connectivity index (χ1) is 7.11. The van der Waals surface area contributed by atoms with Gasteiger partial charge in [0.15, 0.2) is 0 Å². The monoisotopic (exact) mass is 206 g/mol. The minimum atomic E-state index is -2.57.